The fraction of sp³-hybridized carbons (Fsp3) is 0. The molecule has 7 nitrogen and oxygen atoms in total. The van der Waals surface area contributed by atoms with Crippen molar-refractivity contribution < 1.29 is 24.6 Å². The van der Waals surface area contributed by atoms with Crippen LogP contribution in [0.2, 0.25) is 0 Å². The van der Waals surface area contributed by atoms with Crippen molar-refractivity contribution in [2.24, 2.45) is 0 Å². The van der Waals surface area contributed by atoms with Gasteiger partial charge in [0.15, 0.2) is 5.78 Å². The molecule has 0 heterocycles. The summed E-state index contributed by atoms with van der Waals surface area (Å²) in [6.07, 6.45) is 0. The second-order valence-electron chi connectivity index (χ2n) is 4.54. The van der Waals surface area contributed by atoms with Crippen molar-refractivity contribution >= 4 is 29.1 Å². The first kappa shape index (κ1) is 15.0. The van der Waals surface area contributed by atoms with E-state index in [1.165, 1.54) is 24.3 Å². The summed E-state index contributed by atoms with van der Waals surface area (Å²) in [7, 11) is 0. The fourth-order valence-corrected chi connectivity index (χ4v) is 1.93. The van der Waals surface area contributed by atoms with Crippen molar-refractivity contribution in [2.45, 2.75) is 0 Å². The third-order valence-corrected chi connectivity index (χ3v) is 3.09. The number of ketones is 1. The lowest BCUT2D eigenvalue weighted by molar-refractivity contribution is 0.0687. The van der Waals surface area contributed by atoms with E-state index in [-0.39, 0.29) is 33.6 Å². The van der Waals surface area contributed by atoms with Gasteiger partial charge < -0.3 is 21.7 Å². The number of carboxylic acid groups (broad SMARTS) is 2. The lowest BCUT2D eigenvalue weighted by Crippen LogP contribution is -2.09. The van der Waals surface area contributed by atoms with Gasteiger partial charge in [0.2, 0.25) is 0 Å². The molecule has 0 spiro atoms. The molecule has 2 rings (SSSR count). The Morgan fingerprint density at radius 2 is 1.09 bits per heavy atom. The molecule has 2 aromatic rings. The van der Waals surface area contributed by atoms with E-state index in [9.17, 15) is 14.4 Å². The number of anilines is 2. The summed E-state index contributed by atoms with van der Waals surface area (Å²) in [6, 6.07) is 7.67. The van der Waals surface area contributed by atoms with E-state index < -0.39 is 17.7 Å². The first-order valence-electron chi connectivity index (χ1n) is 6.11. The van der Waals surface area contributed by atoms with Crippen LogP contribution in [0.15, 0.2) is 36.4 Å². The fourth-order valence-electron chi connectivity index (χ4n) is 1.93. The molecule has 6 N–H and O–H groups in total. The van der Waals surface area contributed by atoms with Gasteiger partial charge in [-0.25, -0.2) is 9.59 Å². The van der Waals surface area contributed by atoms with Crippen LogP contribution in [0.5, 0.6) is 0 Å². The van der Waals surface area contributed by atoms with Crippen LogP contribution in [0, 0.1) is 0 Å². The Bertz CT molecular complexity index is 733. The molecular formula is C15H12N2O5. The molecule has 0 aliphatic heterocycles. The number of aromatic carboxylic acids is 2. The highest BCUT2D eigenvalue weighted by atomic mass is 16.4. The second kappa shape index (κ2) is 5.57. The molecule has 0 radical (unpaired) electrons. The quantitative estimate of drug-likeness (QED) is 0.494. The molecule has 112 valence electrons. The van der Waals surface area contributed by atoms with E-state index in [1.807, 2.05) is 0 Å². The maximum atomic E-state index is 12.4. The van der Waals surface area contributed by atoms with Crippen molar-refractivity contribution in [1.82, 2.24) is 0 Å². The number of carboxylic acids is 2. The lowest BCUT2D eigenvalue weighted by atomic mass is 9.98. The lowest BCUT2D eigenvalue weighted by Gasteiger charge is -2.07. The predicted octanol–water partition coefficient (Wildman–Crippen LogP) is 1.48. The van der Waals surface area contributed by atoms with Crippen molar-refractivity contribution in [3.63, 3.8) is 0 Å². The molecule has 2 aromatic carbocycles. The third-order valence-electron chi connectivity index (χ3n) is 3.09. The van der Waals surface area contributed by atoms with E-state index in [1.54, 1.807) is 0 Å². The zero-order valence-electron chi connectivity index (χ0n) is 11.2. The van der Waals surface area contributed by atoms with E-state index in [4.69, 9.17) is 21.7 Å². The number of nitrogen functional groups attached to an aromatic ring is 2. The number of carbonyl (C=O) groups excluding carboxylic acids is 1. The van der Waals surface area contributed by atoms with Crippen molar-refractivity contribution in [3.05, 3.63) is 58.7 Å². The SMILES string of the molecule is Nc1ccc(C(=O)c2ccc(N)c(C(=O)O)c2)cc1C(=O)O. The van der Waals surface area contributed by atoms with E-state index >= 15 is 0 Å². The smallest absolute Gasteiger partial charge is 0.337 e. The highest BCUT2D eigenvalue weighted by Gasteiger charge is 2.17. The van der Waals surface area contributed by atoms with Crippen molar-refractivity contribution in [3.8, 4) is 0 Å². The maximum absolute atomic E-state index is 12.4. The van der Waals surface area contributed by atoms with Gasteiger partial charge in [-0.05, 0) is 36.4 Å². The monoisotopic (exact) mass is 300 g/mol. The Morgan fingerprint density at radius 1 is 0.727 bits per heavy atom. The summed E-state index contributed by atoms with van der Waals surface area (Å²) in [4.78, 5) is 34.4. The number of benzene rings is 2. The molecule has 0 aliphatic carbocycles. The van der Waals surface area contributed by atoms with Crippen LogP contribution in [0.25, 0.3) is 0 Å². The second-order valence-corrected chi connectivity index (χ2v) is 4.54. The Kier molecular flexibility index (Phi) is 3.81. The number of nitrogens with two attached hydrogens (primary N) is 2. The van der Waals surface area contributed by atoms with Gasteiger partial charge in [-0.2, -0.15) is 0 Å². The van der Waals surface area contributed by atoms with E-state index in [0.717, 1.165) is 12.1 Å². The van der Waals surface area contributed by atoms with Crippen LogP contribution in [-0.2, 0) is 0 Å². The van der Waals surface area contributed by atoms with Gasteiger partial charge in [0.05, 0.1) is 11.1 Å². The standard InChI is InChI=1S/C15H12N2O5/c16-11-3-1-7(5-9(11)14(19)20)13(18)8-2-4-12(17)10(6-8)15(21)22/h1-6H,16-17H2,(H,19,20)(H,21,22). The number of rotatable bonds is 4. The molecule has 0 atom stereocenters. The Balaban J connectivity index is 2.49. The Hall–Kier alpha value is -3.35. The number of hydrogen-bond donors (Lipinski definition) is 4. The number of hydrogen-bond acceptors (Lipinski definition) is 5. The minimum absolute atomic E-state index is 0.0348. The molecule has 0 unspecified atom stereocenters. The summed E-state index contributed by atoms with van der Waals surface area (Å²) >= 11 is 0. The Labute approximate surface area is 124 Å². The van der Waals surface area contributed by atoms with Crippen LogP contribution >= 0.6 is 0 Å². The zero-order chi connectivity index (χ0) is 16.4. The van der Waals surface area contributed by atoms with E-state index in [2.05, 4.69) is 0 Å². The van der Waals surface area contributed by atoms with E-state index in [0.29, 0.717) is 0 Å². The molecule has 22 heavy (non-hydrogen) atoms. The first-order chi connectivity index (χ1) is 10.3. The van der Waals surface area contributed by atoms with Gasteiger partial charge in [0.25, 0.3) is 0 Å². The highest BCUT2D eigenvalue weighted by molar-refractivity contribution is 6.12. The summed E-state index contributed by atoms with van der Waals surface area (Å²) in [5, 5.41) is 18.0. The van der Waals surface area contributed by atoms with Gasteiger partial charge in [-0.3, -0.25) is 4.79 Å². The molecule has 0 amide bonds. The van der Waals surface area contributed by atoms with Crippen LogP contribution in [-0.4, -0.2) is 27.9 Å². The predicted molar refractivity (Wildman–Crippen MR) is 79.1 cm³/mol. The van der Waals surface area contributed by atoms with Gasteiger partial charge in [-0.15, -0.1) is 0 Å². The van der Waals surface area contributed by atoms with Crippen LogP contribution in [0.1, 0.15) is 36.6 Å². The molecule has 0 bridgehead atoms. The summed E-state index contributed by atoms with van der Waals surface area (Å²) in [5.74, 6) is -3.03. The summed E-state index contributed by atoms with van der Waals surface area (Å²) in [5.41, 5.74) is 10.9. The number of carbonyl (C=O) groups is 3. The van der Waals surface area contributed by atoms with Crippen molar-refractivity contribution in [2.75, 3.05) is 11.5 Å². The maximum Gasteiger partial charge on any atom is 0.337 e. The summed E-state index contributed by atoms with van der Waals surface area (Å²) in [6.45, 7) is 0. The molecule has 0 aliphatic rings. The molecule has 7 heteroatoms. The average molecular weight is 300 g/mol. The topological polar surface area (TPSA) is 144 Å². The molecular weight excluding hydrogens is 288 g/mol. The van der Waals surface area contributed by atoms with Crippen LogP contribution in [0.4, 0.5) is 11.4 Å². The van der Waals surface area contributed by atoms with Gasteiger partial charge in [0, 0.05) is 22.5 Å². The minimum atomic E-state index is -1.25. The summed E-state index contributed by atoms with van der Waals surface area (Å²) < 4.78 is 0. The molecule has 0 saturated carbocycles. The first-order valence-corrected chi connectivity index (χ1v) is 6.11. The zero-order valence-corrected chi connectivity index (χ0v) is 11.2. The average Bonchev–Trinajstić information content (AvgIpc) is 2.47. The third kappa shape index (κ3) is 2.73. The van der Waals surface area contributed by atoms with Gasteiger partial charge in [0.1, 0.15) is 0 Å². The molecule has 0 fully saturated rings. The van der Waals surface area contributed by atoms with Gasteiger partial charge in [-0.1, -0.05) is 0 Å². The minimum Gasteiger partial charge on any atom is -0.478 e. The Morgan fingerprint density at radius 3 is 1.41 bits per heavy atom. The highest BCUT2D eigenvalue weighted by Crippen LogP contribution is 2.20. The molecule has 0 saturated heterocycles. The normalized spacial score (nSPS) is 10.2. The van der Waals surface area contributed by atoms with Gasteiger partial charge >= 0.3 is 11.9 Å². The van der Waals surface area contributed by atoms with Crippen LogP contribution in [0.3, 0.4) is 0 Å². The van der Waals surface area contributed by atoms with Crippen LogP contribution < -0.4 is 11.5 Å². The molecule has 0 aromatic heterocycles. The largest absolute Gasteiger partial charge is 0.478 e. The van der Waals surface area contributed by atoms with Crippen molar-refractivity contribution in [1.29, 1.82) is 0 Å².